The van der Waals surface area contributed by atoms with E-state index in [9.17, 15) is 27.9 Å². The van der Waals surface area contributed by atoms with Crippen LogP contribution in [0, 0.1) is 17.5 Å². The van der Waals surface area contributed by atoms with Gasteiger partial charge in [0.15, 0.2) is 0 Å². The van der Waals surface area contributed by atoms with Gasteiger partial charge in [-0.2, -0.15) is 0 Å². The van der Waals surface area contributed by atoms with Crippen molar-refractivity contribution in [1.82, 2.24) is 4.98 Å². The standard InChI is InChI=1S/C16H8F3NO3/c17-7-2-4-11(19)10(5-7)14-13(16(22)23)15(21)9-3-1-8(18)6-12(9)20-14/h1-6H,(H,20,21)(H,22,23). The first-order valence-corrected chi connectivity index (χ1v) is 6.42. The first-order valence-electron chi connectivity index (χ1n) is 6.42. The molecule has 0 unspecified atom stereocenters. The molecule has 3 rings (SSSR count). The molecule has 0 fully saturated rings. The fourth-order valence-corrected chi connectivity index (χ4v) is 2.36. The number of hydrogen-bond donors (Lipinski definition) is 2. The summed E-state index contributed by atoms with van der Waals surface area (Å²) < 4.78 is 40.7. The van der Waals surface area contributed by atoms with Crippen LogP contribution in [-0.4, -0.2) is 16.1 Å². The molecule has 3 aromatic rings. The summed E-state index contributed by atoms with van der Waals surface area (Å²) in [5, 5.41) is 9.21. The molecule has 0 saturated heterocycles. The number of aromatic amines is 1. The van der Waals surface area contributed by atoms with Crippen LogP contribution in [0.3, 0.4) is 0 Å². The van der Waals surface area contributed by atoms with Crippen molar-refractivity contribution in [2.24, 2.45) is 0 Å². The minimum Gasteiger partial charge on any atom is -0.477 e. The summed E-state index contributed by atoms with van der Waals surface area (Å²) in [6.45, 7) is 0. The van der Waals surface area contributed by atoms with E-state index in [1.54, 1.807) is 0 Å². The number of pyridine rings is 1. The number of carbonyl (C=O) groups is 1. The van der Waals surface area contributed by atoms with Crippen LogP contribution in [0.15, 0.2) is 41.2 Å². The maximum atomic E-state index is 14.0. The van der Waals surface area contributed by atoms with E-state index in [4.69, 9.17) is 0 Å². The topological polar surface area (TPSA) is 70.2 Å². The Bertz CT molecular complexity index is 1010. The molecule has 1 aromatic heterocycles. The van der Waals surface area contributed by atoms with Gasteiger partial charge in [0.25, 0.3) is 0 Å². The van der Waals surface area contributed by atoms with Gasteiger partial charge in [-0.15, -0.1) is 0 Å². The molecule has 23 heavy (non-hydrogen) atoms. The molecule has 0 aliphatic rings. The second-order valence-electron chi connectivity index (χ2n) is 4.82. The number of halogens is 3. The zero-order valence-electron chi connectivity index (χ0n) is 11.4. The Morgan fingerprint density at radius 1 is 1.00 bits per heavy atom. The first-order chi connectivity index (χ1) is 10.9. The second kappa shape index (κ2) is 5.28. The molecule has 0 aliphatic heterocycles. The smallest absolute Gasteiger partial charge is 0.341 e. The van der Waals surface area contributed by atoms with Crippen molar-refractivity contribution in [3.8, 4) is 11.3 Å². The van der Waals surface area contributed by atoms with Gasteiger partial charge < -0.3 is 10.1 Å². The zero-order valence-corrected chi connectivity index (χ0v) is 11.4. The molecule has 2 aromatic carbocycles. The van der Waals surface area contributed by atoms with E-state index in [2.05, 4.69) is 4.98 Å². The summed E-state index contributed by atoms with van der Waals surface area (Å²) >= 11 is 0. The molecule has 0 radical (unpaired) electrons. The van der Waals surface area contributed by atoms with E-state index < -0.39 is 45.7 Å². The maximum absolute atomic E-state index is 14.0. The number of hydrogen-bond acceptors (Lipinski definition) is 2. The monoisotopic (exact) mass is 319 g/mol. The maximum Gasteiger partial charge on any atom is 0.341 e. The van der Waals surface area contributed by atoms with E-state index in [-0.39, 0.29) is 10.9 Å². The van der Waals surface area contributed by atoms with E-state index in [1.165, 1.54) is 0 Å². The summed E-state index contributed by atoms with van der Waals surface area (Å²) in [5.41, 5.74) is -2.51. The van der Waals surface area contributed by atoms with E-state index in [0.29, 0.717) is 0 Å². The third-order valence-corrected chi connectivity index (χ3v) is 3.37. The lowest BCUT2D eigenvalue weighted by atomic mass is 10.0. The lowest BCUT2D eigenvalue weighted by Crippen LogP contribution is -2.18. The molecule has 7 heteroatoms. The average Bonchev–Trinajstić information content (AvgIpc) is 2.48. The van der Waals surface area contributed by atoms with Crippen molar-refractivity contribution in [1.29, 1.82) is 0 Å². The summed E-state index contributed by atoms with van der Waals surface area (Å²) in [6.07, 6.45) is 0. The highest BCUT2D eigenvalue weighted by Gasteiger charge is 2.22. The van der Waals surface area contributed by atoms with Crippen LogP contribution < -0.4 is 5.43 Å². The van der Waals surface area contributed by atoms with Gasteiger partial charge in [-0.3, -0.25) is 4.79 Å². The first kappa shape index (κ1) is 14.8. The highest BCUT2D eigenvalue weighted by atomic mass is 19.1. The highest BCUT2D eigenvalue weighted by Crippen LogP contribution is 2.26. The number of rotatable bonds is 2. The van der Waals surface area contributed by atoms with Crippen LogP contribution in [0.1, 0.15) is 10.4 Å². The molecular weight excluding hydrogens is 311 g/mol. The Morgan fingerprint density at radius 2 is 1.65 bits per heavy atom. The quantitative estimate of drug-likeness (QED) is 0.761. The van der Waals surface area contributed by atoms with Crippen molar-refractivity contribution in [3.63, 3.8) is 0 Å². The van der Waals surface area contributed by atoms with E-state index >= 15 is 0 Å². The Morgan fingerprint density at radius 3 is 2.35 bits per heavy atom. The molecule has 0 atom stereocenters. The van der Waals surface area contributed by atoms with E-state index in [0.717, 1.165) is 36.4 Å². The van der Waals surface area contributed by atoms with Crippen molar-refractivity contribution in [2.75, 3.05) is 0 Å². The molecule has 2 N–H and O–H groups in total. The summed E-state index contributed by atoms with van der Waals surface area (Å²) in [6, 6.07) is 5.54. The van der Waals surface area contributed by atoms with Crippen LogP contribution in [0.5, 0.6) is 0 Å². The van der Waals surface area contributed by atoms with E-state index in [1.807, 2.05) is 0 Å². The molecule has 116 valence electrons. The summed E-state index contributed by atoms with van der Waals surface area (Å²) in [5.74, 6) is -3.99. The Labute approximate surface area is 126 Å². The predicted octanol–water partition coefficient (Wildman–Crippen LogP) is 3.31. The Kier molecular flexibility index (Phi) is 3.40. The molecule has 1 heterocycles. The SMILES string of the molecule is O=C(O)c1c(-c2cc(F)ccc2F)[nH]c2cc(F)ccc2c1=O. The lowest BCUT2D eigenvalue weighted by Gasteiger charge is -2.10. The predicted molar refractivity (Wildman–Crippen MR) is 76.8 cm³/mol. The van der Waals surface area contributed by atoms with Gasteiger partial charge in [0.05, 0.1) is 11.2 Å². The molecule has 0 amide bonds. The van der Waals surface area contributed by atoms with Crippen molar-refractivity contribution >= 4 is 16.9 Å². The van der Waals surface area contributed by atoms with Crippen molar-refractivity contribution < 1.29 is 23.1 Å². The van der Waals surface area contributed by atoms with Crippen molar-refractivity contribution in [2.45, 2.75) is 0 Å². The Hall–Kier alpha value is -3.09. The minimum atomic E-state index is -1.60. The number of H-pyrrole nitrogens is 1. The van der Waals surface area contributed by atoms with Gasteiger partial charge in [0.1, 0.15) is 23.0 Å². The third kappa shape index (κ3) is 2.46. The van der Waals surface area contributed by atoms with Gasteiger partial charge in [-0.25, -0.2) is 18.0 Å². The van der Waals surface area contributed by atoms with Gasteiger partial charge >= 0.3 is 5.97 Å². The number of benzene rings is 2. The molecule has 0 saturated carbocycles. The van der Waals surface area contributed by atoms with Gasteiger partial charge in [0, 0.05) is 10.9 Å². The highest BCUT2D eigenvalue weighted by molar-refractivity contribution is 5.99. The van der Waals surface area contributed by atoms with Crippen LogP contribution in [0.4, 0.5) is 13.2 Å². The number of fused-ring (bicyclic) bond motifs is 1. The van der Waals surface area contributed by atoms with Crippen LogP contribution in [-0.2, 0) is 0 Å². The van der Waals surface area contributed by atoms with Gasteiger partial charge in [-0.05, 0) is 36.4 Å². The van der Waals surface area contributed by atoms with Crippen molar-refractivity contribution in [3.05, 3.63) is 69.6 Å². The number of aromatic nitrogens is 1. The van der Waals surface area contributed by atoms with Crippen LogP contribution in [0.25, 0.3) is 22.2 Å². The van der Waals surface area contributed by atoms with Crippen LogP contribution in [0.2, 0.25) is 0 Å². The summed E-state index contributed by atoms with van der Waals surface area (Å²) in [4.78, 5) is 26.3. The second-order valence-corrected chi connectivity index (χ2v) is 4.82. The average molecular weight is 319 g/mol. The molecule has 0 bridgehead atoms. The molecule has 0 aliphatic carbocycles. The lowest BCUT2D eigenvalue weighted by molar-refractivity contribution is 0.0696. The number of carboxylic acids is 1. The Balaban J connectivity index is 2.48. The zero-order chi connectivity index (χ0) is 16.7. The number of carboxylic acid groups (broad SMARTS) is 1. The fraction of sp³-hybridized carbons (Fsp3) is 0. The van der Waals surface area contributed by atoms with Crippen LogP contribution >= 0.6 is 0 Å². The molecule has 0 spiro atoms. The third-order valence-electron chi connectivity index (χ3n) is 3.37. The summed E-state index contributed by atoms with van der Waals surface area (Å²) in [7, 11) is 0. The largest absolute Gasteiger partial charge is 0.477 e. The fourth-order valence-electron chi connectivity index (χ4n) is 2.36. The number of aromatic carboxylic acids is 1. The minimum absolute atomic E-state index is 0.0151. The molecular formula is C16H8F3NO3. The molecule has 4 nitrogen and oxygen atoms in total. The van der Waals surface area contributed by atoms with Gasteiger partial charge in [0.2, 0.25) is 5.43 Å². The van der Waals surface area contributed by atoms with Gasteiger partial charge in [-0.1, -0.05) is 0 Å². The normalized spacial score (nSPS) is 10.9. The number of nitrogens with one attached hydrogen (secondary N) is 1.